The summed E-state index contributed by atoms with van der Waals surface area (Å²) in [4.78, 5) is 17.3. The summed E-state index contributed by atoms with van der Waals surface area (Å²) in [6.45, 7) is 3.11. The van der Waals surface area contributed by atoms with Crippen molar-refractivity contribution in [1.82, 2.24) is 15.6 Å². The number of thiazole rings is 1. The molecule has 1 fully saturated rings. The molecule has 1 amide bonds. The first-order chi connectivity index (χ1) is 10.2. The van der Waals surface area contributed by atoms with Crippen LogP contribution >= 0.6 is 11.3 Å². The standard InChI is InChI=1S/C16H19N3OS/c1-11-9-13(7-8-17-11)19-15(20)14-10-18-16(21-14)12-5-3-2-4-6-12/h2-6,10-11,13,17H,7-9H2,1H3,(H,19,20). The molecule has 1 aromatic heterocycles. The third kappa shape index (κ3) is 3.49. The van der Waals surface area contributed by atoms with Crippen molar-refractivity contribution in [1.29, 1.82) is 0 Å². The van der Waals surface area contributed by atoms with E-state index in [0.29, 0.717) is 10.9 Å². The number of hydrogen-bond donors (Lipinski definition) is 2. The molecule has 2 atom stereocenters. The van der Waals surface area contributed by atoms with Gasteiger partial charge in [0.25, 0.3) is 5.91 Å². The maximum absolute atomic E-state index is 12.3. The largest absolute Gasteiger partial charge is 0.348 e. The van der Waals surface area contributed by atoms with Gasteiger partial charge in [-0.2, -0.15) is 0 Å². The van der Waals surface area contributed by atoms with Crippen molar-refractivity contribution in [3.8, 4) is 10.6 Å². The molecule has 0 spiro atoms. The van der Waals surface area contributed by atoms with E-state index in [2.05, 4.69) is 22.5 Å². The monoisotopic (exact) mass is 301 g/mol. The van der Waals surface area contributed by atoms with E-state index in [4.69, 9.17) is 0 Å². The minimum Gasteiger partial charge on any atom is -0.348 e. The molecule has 2 N–H and O–H groups in total. The molecule has 5 heteroatoms. The number of amides is 1. The molecule has 0 aliphatic carbocycles. The highest BCUT2D eigenvalue weighted by Crippen LogP contribution is 2.25. The zero-order chi connectivity index (χ0) is 14.7. The third-order valence-electron chi connectivity index (χ3n) is 3.71. The van der Waals surface area contributed by atoms with E-state index in [1.807, 2.05) is 30.3 Å². The van der Waals surface area contributed by atoms with Crippen molar-refractivity contribution in [3.05, 3.63) is 41.4 Å². The number of hydrogen-bond acceptors (Lipinski definition) is 4. The SMILES string of the molecule is CC1CC(NC(=O)c2cnc(-c3ccccc3)s2)CCN1. The molecule has 21 heavy (non-hydrogen) atoms. The fourth-order valence-corrected chi connectivity index (χ4v) is 3.44. The van der Waals surface area contributed by atoms with Crippen molar-refractivity contribution in [3.63, 3.8) is 0 Å². The summed E-state index contributed by atoms with van der Waals surface area (Å²) in [6.07, 6.45) is 3.64. The molecule has 0 saturated carbocycles. The van der Waals surface area contributed by atoms with Crippen LogP contribution in [0.25, 0.3) is 10.6 Å². The van der Waals surface area contributed by atoms with Crippen LogP contribution in [-0.2, 0) is 0 Å². The fraction of sp³-hybridized carbons (Fsp3) is 0.375. The van der Waals surface area contributed by atoms with Crippen LogP contribution in [-0.4, -0.2) is 29.5 Å². The molecule has 0 radical (unpaired) electrons. The van der Waals surface area contributed by atoms with Gasteiger partial charge in [0.2, 0.25) is 0 Å². The van der Waals surface area contributed by atoms with E-state index in [0.717, 1.165) is 30.0 Å². The molecule has 0 bridgehead atoms. The number of rotatable bonds is 3. The normalized spacial score (nSPS) is 22.0. The number of carbonyl (C=O) groups is 1. The van der Waals surface area contributed by atoms with Crippen LogP contribution in [0.3, 0.4) is 0 Å². The highest BCUT2D eigenvalue weighted by molar-refractivity contribution is 7.16. The zero-order valence-corrected chi connectivity index (χ0v) is 12.8. The van der Waals surface area contributed by atoms with Crippen LogP contribution in [0, 0.1) is 0 Å². The second-order valence-corrected chi connectivity index (χ2v) is 6.48. The Kier molecular flexibility index (Phi) is 4.31. The highest BCUT2D eigenvalue weighted by atomic mass is 32.1. The third-order valence-corrected chi connectivity index (χ3v) is 4.75. The maximum Gasteiger partial charge on any atom is 0.263 e. The van der Waals surface area contributed by atoms with Gasteiger partial charge in [0.1, 0.15) is 9.88 Å². The summed E-state index contributed by atoms with van der Waals surface area (Å²) in [6, 6.07) is 10.7. The van der Waals surface area contributed by atoms with E-state index in [1.165, 1.54) is 11.3 Å². The van der Waals surface area contributed by atoms with Crippen molar-refractivity contribution in [2.24, 2.45) is 0 Å². The first-order valence-corrected chi connectivity index (χ1v) is 8.09. The van der Waals surface area contributed by atoms with Gasteiger partial charge in [0.05, 0.1) is 6.20 Å². The molecule has 2 aromatic rings. The molecule has 2 heterocycles. The van der Waals surface area contributed by atoms with Crippen LogP contribution < -0.4 is 10.6 Å². The Labute approximate surface area is 128 Å². The number of nitrogens with zero attached hydrogens (tertiary/aromatic N) is 1. The number of carbonyl (C=O) groups excluding carboxylic acids is 1. The van der Waals surface area contributed by atoms with Gasteiger partial charge in [-0.1, -0.05) is 30.3 Å². The average Bonchev–Trinajstić information content (AvgIpc) is 2.98. The average molecular weight is 301 g/mol. The lowest BCUT2D eigenvalue weighted by molar-refractivity contribution is 0.0929. The number of piperidine rings is 1. The molecule has 1 aliphatic rings. The summed E-state index contributed by atoms with van der Waals surface area (Å²) >= 11 is 1.44. The van der Waals surface area contributed by atoms with E-state index < -0.39 is 0 Å². The van der Waals surface area contributed by atoms with E-state index in [9.17, 15) is 4.79 Å². The van der Waals surface area contributed by atoms with Crippen molar-refractivity contribution < 1.29 is 4.79 Å². The molecular formula is C16H19N3OS. The van der Waals surface area contributed by atoms with Gasteiger partial charge >= 0.3 is 0 Å². The summed E-state index contributed by atoms with van der Waals surface area (Å²) < 4.78 is 0. The highest BCUT2D eigenvalue weighted by Gasteiger charge is 2.21. The minimum absolute atomic E-state index is 0.00576. The van der Waals surface area contributed by atoms with Crippen LogP contribution in [0.15, 0.2) is 36.5 Å². The molecule has 110 valence electrons. The van der Waals surface area contributed by atoms with Crippen LogP contribution in [0.5, 0.6) is 0 Å². The topological polar surface area (TPSA) is 54.0 Å². The van der Waals surface area contributed by atoms with Gasteiger partial charge in [-0.3, -0.25) is 4.79 Å². The smallest absolute Gasteiger partial charge is 0.263 e. The lowest BCUT2D eigenvalue weighted by Crippen LogP contribution is -2.46. The summed E-state index contributed by atoms with van der Waals surface area (Å²) in [5.41, 5.74) is 1.05. The molecule has 4 nitrogen and oxygen atoms in total. The quantitative estimate of drug-likeness (QED) is 0.916. The van der Waals surface area contributed by atoms with Gasteiger partial charge in [-0.25, -0.2) is 4.98 Å². The van der Waals surface area contributed by atoms with Crippen LogP contribution in [0.4, 0.5) is 0 Å². The van der Waals surface area contributed by atoms with Crippen molar-refractivity contribution in [2.45, 2.75) is 31.8 Å². The number of aromatic nitrogens is 1. The molecule has 1 aliphatic heterocycles. The first-order valence-electron chi connectivity index (χ1n) is 7.28. The molecule has 1 saturated heterocycles. The van der Waals surface area contributed by atoms with Crippen molar-refractivity contribution >= 4 is 17.2 Å². The molecular weight excluding hydrogens is 282 g/mol. The Morgan fingerprint density at radius 3 is 2.95 bits per heavy atom. The van der Waals surface area contributed by atoms with Crippen LogP contribution in [0.1, 0.15) is 29.4 Å². The van der Waals surface area contributed by atoms with Gasteiger partial charge in [0.15, 0.2) is 0 Å². The van der Waals surface area contributed by atoms with Gasteiger partial charge in [-0.05, 0) is 26.3 Å². The van der Waals surface area contributed by atoms with Gasteiger partial charge in [0, 0.05) is 17.6 Å². The Balaban J connectivity index is 1.67. The number of nitrogens with one attached hydrogen (secondary N) is 2. The molecule has 2 unspecified atom stereocenters. The Bertz CT molecular complexity index is 611. The zero-order valence-electron chi connectivity index (χ0n) is 12.0. The maximum atomic E-state index is 12.3. The number of benzene rings is 1. The molecule has 1 aromatic carbocycles. The Hall–Kier alpha value is -1.72. The van der Waals surface area contributed by atoms with Gasteiger partial charge in [-0.15, -0.1) is 11.3 Å². The van der Waals surface area contributed by atoms with E-state index >= 15 is 0 Å². The predicted octanol–water partition coefficient (Wildman–Crippen LogP) is 2.68. The summed E-state index contributed by atoms with van der Waals surface area (Å²) in [5.74, 6) is -0.00576. The summed E-state index contributed by atoms with van der Waals surface area (Å²) in [7, 11) is 0. The lowest BCUT2D eigenvalue weighted by atomic mass is 10.0. The fourth-order valence-electron chi connectivity index (χ4n) is 2.61. The predicted molar refractivity (Wildman–Crippen MR) is 85.5 cm³/mol. The van der Waals surface area contributed by atoms with E-state index in [-0.39, 0.29) is 11.9 Å². The minimum atomic E-state index is -0.00576. The summed E-state index contributed by atoms with van der Waals surface area (Å²) in [5, 5.41) is 7.40. The van der Waals surface area contributed by atoms with Crippen LogP contribution in [0.2, 0.25) is 0 Å². The molecule has 3 rings (SSSR count). The second-order valence-electron chi connectivity index (χ2n) is 5.45. The van der Waals surface area contributed by atoms with E-state index in [1.54, 1.807) is 6.20 Å². The lowest BCUT2D eigenvalue weighted by Gasteiger charge is -2.28. The van der Waals surface area contributed by atoms with Gasteiger partial charge < -0.3 is 10.6 Å². The Morgan fingerprint density at radius 2 is 2.19 bits per heavy atom. The van der Waals surface area contributed by atoms with Crippen molar-refractivity contribution in [2.75, 3.05) is 6.54 Å². The second kappa shape index (κ2) is 6.37. The Morgan fingerprint density at radius 1 is 1.38 bits per heavy atom. The first kappa shape index (κ1) is 14.2.